The average molecular weight is 342 g/mol. The molecule has 0 saturated carbocycles. The first-order valence-corrected chi connectivity index (χ1v) is 7.42. The van der Waals surface area contributed by atoms with E-state index in [1.165, 1.54) is 0 Å². The van der Waals surface area contributed by atoms with Crippen LogP contribution in [0.5, 0.6) is 0 Å². The summed E-state index contributed by atoms with van der Waals surface area (Å²) in [5.41, 5.74) is 2.67. The lowest BCUT2D eigenvalue weighted by molar-refractivity contribution is 0.194. The summed E-state index contributed by atoms with van der Waals surface area (Å²) in [6.45, 7) is 1.68. The Morgan fingerprint density at radius 2 is 1.81 bits per heavy atom. The smallest absolute Gasteiger partial charge is 0.137 e. The second kappa shape index (κ2) is 5.50. The topological polar surface area (TPSA) is 37.5 Å². The van der Waals surface area contributed by atoms with Gasteiger partial charge < -0.3 is 5.11 Å². The third-order valence-electron chi connectivity index (χ3n) is 3.20. The number of aliphatic hydroxyl groups is 1. The molecule has 0 amide bonds. The van der Waals surface area contributed by atoms with Crippen molar-refractivity contribution >= 4 is 40.4 Å². The van der Waals surface area contributed by atoms with Gasteiger partial charge in [-0.15, -0.1) is 0 Å². The monoisotopic (exact) mass is 340 g/mol. The number of nitrogens with zero attached hydrogens (tertiary/aromatic N) is 2. The molecule has 108 valence electrons. The van der Waals surface area contributed by atoms with Crippen molar-refractivity contribution in [1.82, 2.24) is 9.38 Å². The van der Waals surface area contributed by atoms with E-state index >= 15 is 0 Å². The number of hydrogen-bond donors (Lipinski definition) is 1. The summed E-state index contributed by atoms with van der Waals surface area (Å²) in [5.74, 6) is 0. The molecular weight excluding hydrogens is 331 g/mol. The van der Waals surface area contributed by atoms with Gasteiger partial charge in [-0.2, -0.15) is 0 Å². The molecule has 0 saturated heterocycles. The number of halogens is 3. The van der Waals surface area contributed by atoms with E-state index in [-0.39, 0.29) is 0 Å². The highest BCUT2D eigenvalue weighted by Gasteiger charge is 2.20. The Morgan fingerprint density at radius 1 is 1.10 bits per heavy atom. The van der Waals surface area contributed by atoms with Crippen molar-refractivity contribution in [2.45, 2.75) is 13.0 Å². The maximum absolute atomic E-state index is 10.1. The minimum absolute atomic E-state index is 0.485. The first-order valence-electron chi connectivity index (χ1n) is 6.28. The Balaban J connectivity index is 2.34. The minimum atomic E-state index is -0.722. The first kappa shape index (κ1) is 14.7. The summed E-state index contributed by atoms with van der Waals surface area (Å²) < 4.78 is 1.77. The fourth-order valence-electron chi connectivity index (χ4n) is 2.32. The van der Waals surface area contributed by atoms with Crippen LogP contribution in [-0.4, -0.2) is 14.5 Å². The molecule has 0 aliphatic heterocycles. The molecule has 0 aliphatic carbocycles. The number of aliphatic hydroxyl groups excluding tert-OH is 1. The van der Waals surface area contributed by atoms with E-state index in [4.69, 9.17) is 34.8 Å². The van der Waals surface area contributed by atoms with Crippen LogP contribution in [0.25, 0.3) is 16.9 Å². The highest BCUT2D eigenvalue weighted by Crippen LogP contribution is 2.35. The zero-order chi connectivity index (χ0) is 15.1. The SMILES string of the molecule is CC(O)c1c(-c2ccc(Cl)cc2Cl)nc2ccc(Cl)cn12. The molecule has 1 N–H and O–H groups in total. The van der Waals surface area contributed by atoms with Gasteiger partial charge >= 0.3 is 0 Å². The molecule has 6 heteroatoms. The molecule has 3 aromatic rings. The van der Waals surface area contributed by atoms with Crippen LogP contribution in [0.3, 0.4) is 0 Å². The lowest BCUT2D eigenvalue weighted by Crippen LogP contribution is -1.99. The van der Waals surface area contributed by atoms with E-state index in [0.29, 0.717) is 32.1 Å². The van der Waals surface area contributed by atoms with Crippen LogP contribution in [0, 0.1) is 0 Å². The van der Waals surface area contributed by atoms with E-state index in [9.17, 15) is 5.11 Å². The summed E-state index contributed by atoms with van der Waals surface area (Å²) >= 11 is 18.2. The molecule has 0 aliphatic rings. The highest BCUT2D eigenvalue weighted by atomic mass is 35.5. The van der Waals surface area contributed by atoms with Crippen molar-refractivity contribution < 1.29 is 5.11 Å². The van der Waals surface area contributed by atoms with E-state index in [2.05, 4.69) is 4.98 Å². The Hall–Kier alpha value is -1.26. The third kappa shape index (κ3) is 2.62. The van der Waals surface area contributed by atoms with Crippen molar-refractivity contribution in [2.75, 3.05) is 0 Å². The summed E-state index contributed by atoms with van der Waals surface area (Å²) in [6, 6.07) is 8.73. The summed E-state index contributed by atoms with van der Waals surface area (Å²) in [7, 11) is 0. The number of hydrogen-bond acceptors (Lipinski definition) is 2. The highest BCUT2D eigenvalue weighted by molar-refractivity contribution is 6.36. The Labute approximate surface area is 136 Å². The number of imidazole rings is 1. The molecule has 0 radical (unpaired) electrons. The maximum atomic E-state index is 10.1. The van der Waals surface area contributed by atoms with E-state index in [1.54, 1.807) is 47.9 Å². The van der Waals surface area contributed by atoms with Gasteiger partial charge in [0.25, 0.3) is 0 Å². The minimum Gasteiger partial charge on any atom is -0.387 e. The molecule has 1 aromatic carbocycles. The van der Waals surface area contributed by atoms with Crippen LogP contribution in [0.4, 0.5) is 0 Å². The number of benzene rings is 1. The van der Waals surface area contributed by atoms with Gasteiger partial charge in [0.1, 0.15) is 5.65 Å². The zero-order valence-corrected chi connectivity index (χ0v) is 13.3. The van der Waals surface area contributed by atoms with E-state index < -0.39 is 6.10 Å². The van der Waals surface area contributed by atoms with Crippen molar-refractivity contribution in [3.05, 3.63) is 57.3 Å². The van der Waals surface area contributed by atoms with Gasteiger partial charge in [0.15, 0.2) is 0 Å². The molecule has 0 spiro atoms. The third-order valence-corrected chi connectivity index (χ3v) is 3.97. The van der Waals surface area contributed by atoms with Crippen molar-refractivity contribution in [3.63, 3.8) is 0 Å². The van der Waals surface area contributed by atoms with Crippen LogP contribution in [-0.2, 0) is 0 Å². The molecule has 3 rings (SSSR count). The number of fused-ring (bicyclic) bond motifs is 1. The average Bonchev–Trinajstić information content (AvgIpc) is 2.76. The van der Waals surface area contributed by atoms with E-state index in [0.717, 1.165) is 5.56 Å². The van der Waals surface area contributed by atoms with Crippen LogP contribution in [0.2, 0.25) is 15.1 Å². The maximum Gasteiger partial charge on any atom is 0.137 e. The van der Waals surface area contributed by atoms with Gasteiger partial charge in [-0.05, 0) is 37.3 Å². The Morgan fingerprint density at radius 3 is 2.48 bits per heavy atom. The number of rotatable bonds is 2. The standard InChI is InChI=1S/C15H11Cl3N2O/c1-8(21)15-14(11-4-2-9(16)6-12(11)18)19-13-5-3-10(17)7-20(13)15/h2-8,21H,1H3. The van der Waals surface area contributed by atoms with Crippen molar-refractivity contribution in [2.24, 2.45) is 0 Å². The second-order valence-corrected chi connectivity index (χ2v) is 6.00. The molecule has 21 heavy (non-hydrogen) atoms. The fraction of sp³-hybridized carbons (Fsp3) is 0.133. The van der Waals surface area contributed by atoms with E-state index in [1.807, 2.05) is 0 Å². The van der Waals surface area contributed by atoms with Gasteiger partial charge in [-0.3, -0.25) is 4.40 Å². The Bertz CT molecular complexity index is 827. The molecule has 0 bridgehead atoms. The molecule has 1 unspecified atom stereocenters. The predicted molar refractivity (Wildman–Crippen MR) is 86.3 cm³/mol. The number of pyridine rings is 1. The van der Waals surface area contributed by atoms with Crippen LogP contribution >= 0.6 is 34.8 Å². The molecule has 0 fully saturated rings. The largest absolute Gasteiger partial charge is 0.387 e. The van der Waals surface area contributed by atoms with Gasteiger partial charge in [-0.25, -0.2) is 4.98 Å². The first-order chi connectivity index (χ1) is 9.97. The summed E-state index contributed by atoms with van der Waals surface area (Å²) in [5, 5.41) is 11.7. The number of aromatic nitrogens is 2. The molecule has 2 aromatic heterocycles. The molecule has 1 atom stereocenters. The van der Waals surface area contributed by atoms with Crippen LogP contribution in [0.15, 0.2) is 36.5 Å². The lowest BCUT2D eigenvalue weighted by Gasteiger charge is -2.09. The normalized spacial score (nSPS) is 12.8. The van der Waals surface area contributed by atoms with Gasteiger partial charge in [0.2, 0.25) is 0 Å². The van der Waals surface area contributed by atoms with Gasteiger partial charge in [-0.1, -0.05) is 34.8 Å². The molecule has 3 nitrogen and oxygen atoms in total. The van der Waals surface area contributed by atoms with Crippen LogP contribution < -0.4 is 0 Å². The zero-order valence-electron chi connectivity index (χ0n) is 11.0. The van der Waals surface area contributed by atoms with Gasteiger partial charge in [0.05, 0.1) is 27.5 Å². The van der Waals surface area contributed by atoms with Crippen molar-refractivity contribution in [3.8, 4) is 11.3 Å². The van der Waals surface area contributed by atoms with Crippen molar-refractivity contribution in [1.29, 1.82) is 0 Å². The Kier molecular flexibility index (Phi) is 3.84. The molecular formula is C15H11Cl3N2O. The molecule has 2 heterocycles. The fourth-order valence-corrected chi connectivity index (χ4v) is 2.97. The quantitative estimate of drug-likeness (QED) is 0.711. The van der Waals surface area contributed by atoms with Gasteiger partial charge in [0, 0.05) is 16.8 Å². The van der Waals surface area contributed by atoms with Crippen LogP contribution in [0.1, 0.15) is 18.7 Å². The summed E-state index contributed by atoms with van der Waals surface area (Å²) in [6.07, 6.45) is 0.999. The summed E-state index contributed by atoms with van der Waals surface area (Å²) in [4.78, 5) is 4.55. The lowest BCUT2D eigenvalue weighted by atomic mass is 10.1. The predicted octanol–water partition coefficient (Wildman–Crippen LogP) is 5.01. The second-order valence-electron chi connectivity index (χ2n) is 4.72.